The average Bonchev–Trinajstić information content (AvgIpc) is 2.64. The average molecular weight is 221 g/mol. The van der Waals surface area contributed by atoms with Gasteiger partial charge in [0, 0.05) is 12.5 Å². The predicted molar refractivity (Wildman–Crippen MR) is 57.1 cm³/mol. The van der Waals surface area contributed by atoms with E-state index in [9.17, 15) is 9.90 Å². The van der Waals surface area contributed by atoms with Crippen LogP contribution in [0.1, 0.15) is 19.4 Å². The van der Waals surface area contributed by atoms with Gasteiger partial charge in [-0.2, -0.15) is 4.98 Å². The fraction of sp³-hybridized carbons (Fsp3) is 0.444. The van der Waals surface area contributed by atoms with Gasteiger partial charge in [0.05, 0.1) is 6.33 Å². The van der Waals surface area contributed by atoms with Crippen molar-refractivity contribution in [2.24, 2.45) is 0 Å². The quantitative estimate of drug-likeness (QED) is 0.573. The molecule has 0 fully saturated rings. The molecule has 2 aromatic rings. The fourth-order valence-electron chi connectivity index (χ4n) is 2.05. The molecule has 1 aliphatic rings. The standard InChI is InChI=1S/C9H11N5O2/c1-4-2-5(15)12-9-13-7-6(10-3-11-7)8(16)14(4)9/h3-5,15H,2H2,1H3,(H,10,11)(H,12,13)/t4-,5-/m0/s1. The lowest BCUT2D eigenvalue weighted by molar-refractivity contribution is 0.159. The number of nitrogens with one attached hydrogen (secondary N) is 2. The Hall–Kier alpha value is -1.89. The van der Waals surface area contributed by atoms with Gasteiger partial charge in [0.15, 0.2) is 11.2 Å². The van der Waals surface area contributed by atoms with Crippen LogP contribution < -0.4 is 10.9 Å². The maximum absolute atomic E-state index is 12.1. The summed E-state index contributed by atoms with van der Waals surface area (Å²) in [5.41, 5.74) is 0.600. The van der Waals surface area contributed by atoms with Gasteiger partial charge in [0.1, 0.15) is 6.23 Å². The smallest absolute Gasteiger partial charge is 0.281 e. The van der Waals surface area contributed by atoms with Gasteiger partial charge in [0.25, 0.3) is 5.56 Å². The summed E-state index contributed by atoms with van der Waals surface area (Å²) in [4.78, 5) is 23.0. The van der Waals surface area contributed by atoms with Gasteiger partial charge in [0.2, 0.25) is 5.95 Å². The van der Waals surface area contributed by atoms with E-state index in [-0.39, 0.29) is 11.6 Å². The molecular formula is C9H11N5O2. The third-order valence-electron chi connectivity index (χ3n) is 2.79. The zero-order chi connectivity index (χ0) is 11.3. The minimum atomic E-state index is -0.668. The predicted octanol–water partition coefficient (Wildman–Crippen LogP) is -0.185. The van der Waals surface area contributed by atoms with E-state index in [0.29, 0.717) is 23.5 Å². The summed E-state index contributed by atoms with van der Waals surface area (Å²) in [7, 11) is 0. The molecule has 7 nitrogen and oxygen atoms in total. The Balaban J connectivity index is 2.35. The number of aliphatic hydroxyl groups excluding tert-OH is 1. The Morgan fingerprint density at radius 3 is 3.25 bits per heavy atom. The highest BCUT2D eigenvalue weighted by molar-refractivity contribution is 5.70. The highest BCUT2D eigenvalue weighted by Crippen LogP contribution is 2.23. The molecule has 0 spiro atoms. The molecular weight excluding hydrogens is 210 g/mol. The first kappa shape index (κ1) is 9.34. The van der Waals surface area contributed by atoms with Crippen molar-refractivity contribution in [2.45, 2.75) is 25.6 Å². The molecule has 3 N–H and O–H groups in total. The van der Waals surface area contributed by atoms with Crippen molar-refractivity contribution in [1.82, 2.24) is 19.5 Å². The third-order valence-corrected chi connectivity index (χ3v) is 2.79. The van der Waals surface area contributed by atoms with Crippen LogP contribution in [0.3, 0.4) is 0 Å². The van der Waals surface area contributed by atoms with Gasteiger partial charge in [-0.25, -0.2) is 4.98 Å². The van der Waals surface area contributed by atoms with E-state index in [0.717, 1.165) is 0 Å². The molecule has 2 aromatic heterocycles. The molecule has 0 aromatic carbocycles. The first-order valence-electron chi connectivity index (χ1n) is 5.07. The number of H-pyrrole nitrogens is 1. The summed E-state index contributed by atoms with van der Waals surface area (Å²) in [6.07, 6.45) is 1.25. The van der Waals surface area contributed by atoms with Crippen LogP contribution in [0.15, 0.2) is 11.1 Å². The van der Waals surface area contributed by atoms with Crippen LogP contribution in [0.5, 0.6) is 0 Å². The van der Waals surface area contributed by atoms with Crippen molar-refractivity contribution in [2.75, 3.05) is 5.32 Å². The number of aromatic nitrogens is 4. The van der Waals surface area contributed by atoms with E-state index in [4.69, 9.17) is 0 Å². The summed E-state index contributed by atoms with van der Waals surface area (Å²) in [5.74, 6) is 0.371. The molecule has 7 heteroatoms. The van der Waals surface area contributed by atoms with Crippen molar-refractivity contribution in [3.8, 4) is 0 Å². The minimum Gasteiger partial charge on any atom is -0.374 e. The summed E-state index contributed by atoms with van der Waals surface area (Å²) in [5, 5.41) is 12.3. The lowest BCUT2D eigenvalue weighted by Crippen LogP contribution is -2.38. The fourth-order valence-corrected chi connectivity index (χ4v) is 2.05. The molecule has 1 aliphatic heterocycles. The Kier molecular flexibility index (Phi) is 1.78. The number of rotatable bonds is 0. The zero-order valence-corrected chi connectivity index (χ0v) is 8.64. The van der Waals surface area contributed by atoms with Crippen molar-refractivity contribution >= 4 is 17.1 Å². The molecule has 0 amide bonds. The number of hydrogen-bond donors (Lipinski definition) is 3. The first-order chi connectivity index (χ1) is 7.66. The second kappa shape index (κ2) is 3.05. The molecule has 0 unspecified atom stereocenters. The van der Waals surface area contributed by atoms with Crippen LogP contribution in [0.25, 0.3) is 11.2 Å². The minimum absolute atomic E-state index is 0.0843. The monoisotopic (exact) mass is 221 g/mol. The molecule has 16 heavy (non-hydrogen) atoms. The number of fused-ring (bicyclic) bond motifs is 2. The topological polar surface area (TPSA) is 95.8 Å². The first-order valence-corrected chi connectivity index (χ1v) is 5.07. The van der Waals surface area contributed by atoms with Crippen molar-refractivity contribution < 1.29 is 5.11 Å². The van der Waals surface area contributed by atoms with Gasteiger partial charge >= 0.3 is 0 Å². The molecule has 0 saturated heterocycles. The third kappa shape index (κ3) is 1.15. The van der Waals surface area contributed by atoms with Crippen molar-refractivity contribution in [3.63, 3.8) is 0 Å². The Morgan fingerprint density at radius 1 is 1.62 bits per heavy atom. The maximum atomic E-state index is 12.1. The second-order valence-corrected chi connectivity index (χ2v) is 3.96. The van der Waals surface area contributed by atoms with Gasteiger partial charge in [-0.3, -0.25) is 9.36 Å². The molecule has 2 atom stereocenters. The Labute approximate surface area is 90.2 Å². The molecule has 0 radical (unpaired) electrons. The molecule has 0 saturated carbocycles. The Morgan fingerprint density at radius 2 is 2.44 bits per heavy atom. The molecule has 0 aliphatic carbocycles. The number of aromatic amines is 1. The summed E-state index contributed by atoms with van der Waals surface area (Å²) >= 11 is 0. The SMILES string of the molecule is C[C@H]1C[C@H](O)Nc2nc3nc[nH]c3c(=O)n21. The van der Waals surface area contributed by atoms with E-state index in [1.54, 1.807) is 0 Å². The van der Waals surface area contributed by atoms with Crippen LogP contribution >= 0.6 is 0 Å². The second-order valence-electron chi connectivity index (χ2n) is 3.96. The highest BCUT2D eigenvalue weighted by atomic mass is 16.3. The van der Waals surface area contributed by atoms with Crippen molar-refractivity contribution in [3.05, 3.63) is 16.7 Å². The largest absolute Gasteiger partial charge is 0.374 e. The van der Waals surface area contributed by atoms with E-state index >= 15 is 0 Å². The molecule has 0 bridgehead atoms. The molecule has 84 valence electrons. The van der Waals surface area contributed by atoms with E-state index in [1.807, 2.05) is 6.92 Å². The summed E-state index contributed by atoms with van der Waals surface area (Å²) < 4.78 is 1.53. The lowest BCUT2D eigenvalue weighted by Gasteiger charge is -2.28. The van der Waals surface area contributed by atoms with E-state index in [2.05, 4.69) is 20.3 Å². The van der Waals surface area contributed by atoms with Crippen LogP contribution in [-0.2, 0) is 0 Å². The van der Waals surface area contributed by atoms with Gasteiger partial charge in [-0.1, -0.05) is 0 Å². The van der Waals surface area contributed by atoms with Crippen molar-refractivity contribution in [1.29, 1.82) is 0 Å². The summed E-state index contributed by atoms with van der Waals surface area (Å²) in [6, 6.07) is -0.0843. The number of hydrogen-bond acceptors (Lipinski definition) is 5. The maximum Gasteiger partial charge on any atom is 0.281 e. The lowest BCUT2D eigenvalue weighted by atomic mass is 10.2. The zero-order valence-electron chi connectivity index (χ0n) is 8.64. The van der Waals surface area contributed by atoms with Crippen LogP contribution in [0.4, 0.5) is 5.95 Å². The molecule has 3 rings (SSSR count). The van der Waals surface area contributed by atoms with Gasteiger partial charge in [-0.15, -0.1) is 0 Å². The van der Waals surface area contributed by atoms with Crippen LogP contribution in [0, 0.1) is 0 Å². The van der Waals surface area contributed by atoms with Gasteiger partial charge < -0.3 is 15.4 Å². The van der Waals surface area contributed by atoms with Crippen LogP contribution in [0.2, 0.25) is 0 Å². The van der Waals surface area contributed by atoms with E-state index in [1.165, 1.54) is 10.9 Å². The summed E-state index contributed by atoms with van der Waals surface area (Å²) in [6.45, 7) is 1.87. The van der Waals surface area contributed by atoms with Gasteiger partial charge in [-0.05, 0) is 6.92 Å². The number of aliphatic hydroxyl groups is 1. The number of anilines is 1. The van der Waals surface area contributed by atoms with E-state index < -0.39 is 6.23 Å². The van der Waals surface area contributed by atoms with Crippen LogP contribution in [-0.4, -0.2) is 30.9 Å². The normalized spacial score (nSPS) is 24.1. The Bertz CT molecular complexity index is 601. The molecule has 3 heterocycles. The number of imidazole rings is 1. The number of nitrogens with zero attached hydrogens (tertiary/aromatic N) is 3. The highest BCUT2D eigenvalue weighted by Gasteiger charge is 2.25.